The van der Waals surface area contributed by atoms with E-state index >= 15 is 0 Å². The number of benzene rings is 2. The van der Waals surface area contributed by atoms with Gasteiger partial charge in [-0.25, -0.2) is 0 Å². The fourth-order valence-corrected chi connectivity index (χ4v) is 2.91. The summed E-state index contributed by atoms with van der Waals surface area (Å²) in [6.45, 7) is 6.53. The lowest BCUT2D eigenvalue weighted by Gasteiger charge is -2.18. The summed E-state index contributed by atoms with van der Waals surface area (Å²) in [5, 5.41) is 5.71. The molecule has 0 unspecified atom stereocenters. The second-order valence-corrected chi connectivity index (χ2v) is 7.61. The summed E-state index contributed by atoms with van der Waals surface area (Å²) < 4.78 is 0. The maximum absolute atomic E-state index is 12.2. The molecule has 1 aliphatic rings. The SMILES string of the molecule is CC(C)(C)c1ccc(/C=C/C(=O)Nc2ccc3c(c2)CCC(=O)N3)cc1. The van der Waals surface area contributed by atoms with Gasteiger partial charge in [-0.15, -0.1) is 0 Å². The largest absolute Gasteiger partial charge is 0.326 e. The van der Waals surface area contributed by atoms with Crippen LogP contribution in [-0.2, 0) is 21.4 Å². The predicted molar refractivity (Wildman–Crippen MR) is 106 cm³/mol. The molecule has 2 N–H and O–H groups in total. The normalized spacial score (nSPS) is 14.0. The highest BCUT2D eigenvalue weighted by Crippen LogP contribution is 2.26. The zero-order chi connectivity index (χ0) is 18.7. The van der Waals surface area contributed by atoms with Crippen molar-refractivity contribution in [3.8, 4) is 0 Å². The highest BCUT2D eigenvalue weighted by atomic mass is 16.2. The monoisotopic (exact) mass is 348 g/mol. The van der Waals surface area contributed by atoms with Crippen LogP contribution in [0.2, 0.25) is 0 Å². The number of aryl methyl sites for hydroxylation is 1. The van der Waals surface area contributed by atoms with Gasteiger partial charge in [0, 0.05) is 23.9 Å². The third-order valence-electron chi connectivity index (χ3n) is 4.47. The van der Waals surface area contributed by atoms with E-state index in [1.807, 2.05) is 24.3 Å². The molecular weight excluding hydrogens is 324 g/mol. The highest BCUT2D eigenvalue weighted by molar-refractivity contribution is 6.02. The molecule has 4 heteroatoms. The fourth-order valence-electron chi connectivity index (χ4n) is 2.91. The van der Waals surface area contributed by atoms with Gasteiger partial charge in [-0.2, -0.15) is 0 Å². The Kier molecular flexibility index (Phi) is 4.94. The van der Waals surface area contributed by atoms with Gasteiger partial charge in [0.25, 0.3) is 0 Å². The van der Waals surface area contributed by atoms with Crippen LogP contribution < -0.4 is 10.6 Å². The lowest BCUT2D eigenvalue weighted by Crippen LogP contribution is -2.19. The molecule has 0 aliphatic carbocycles. The molecule has 0 saturated carbocycles. The lowest BCUT2D eigenvalue weighted by atomic mass is 9.87. The van der Waals surface area contributed by atoms with Crippen molar-refractivity contribution in [1.29, 1.82) is 0 Å². The van der Waals surface area contributed by atoms with Gasteiger partial charge in [-0.05, 0) is 52.8 Å². The standard InChI is InChI=1S/C22H24N2O2/c1-22(2,3)17-8-4-15(5-9-17)6-12-20(25)23-18-10-11-19-16(14-18)7-13-21(26)24-19/h4-6,8-12,14H,7,13H2,1-3H3,(H,23,25)(H,24,26)/b12-6+. The molecule has 0 bridgehead atoms. The summed E-state index contributed by atoms with van der Waals surface area (Å²) in [5.74, 6) is -0.139. The van der Waals surface area contributed by atoms with E-state index in [-0.39, 0.29) is 17.2 Å². The van der Waals surface area contributed by atoms with E-state index in [4.69, 9.17) is 0 Å². The number of hydrogen-bond donors (Lipinski definition) is 2. The number of carbonyl (C=O) groups excluding carboxylic acids is 2. The van der Waals surface area contributed by atoms with Crippen LogP contribution in [0, 0.1) is 0 Å². The summed E-state index contributed by atoms with van der Waals surface area (Å²) >= 11 is 0. The molecule has 0 radical (unpaired) electrons. The summed E-state index contributed by atoms with van der Waals surface area (Å²) in [7, 11) is 0. The van der Waals surface area contributed by atoms with E-state index in [1.165, 1.54) is 11.6 Å². The zero-order valence-electron chi connectivity index (χ0n) is 15.4. The Morgan fingerprint density at radius 2 is 1.81 bits per heavy atom. The lowest BCUT2D eigenvalue weighted by molar-refractivity contribution is -0.116. The molecule has 1 heterocycles. The van der Waals surface area contributed by atoms with E-state index in [0.717, 1.165) is 22.5 Å². The summed E-state index contributed by atoms with van der Waals surface area (Å²) in [4.78, 5) is 23.6. The van der Waals surface area contributed by atoms with Gasteiger partial charge in [0.05, 0.1) is 0 Å². The Bertz CT molecular complexity index is 859. The maximum atomic E-state index is 12.2. The number of fused-ring (bicyclic) bond motifs is 1. The summed E-state index contributed by atoms with van der Waals surface area (Å²) in [6, 6.07) is 13.8. The molecule has 2 amide bonds. The van der Waals surface area contributed by atoms with Crippen molar-refractivity contribution >= 4 is 29.3 Å². The van der Waals surface area contributed by atoms with Crippen LogP contribution in [0.3, 0.4) is 0 Å². The van der Waals surface area contributed by atoms with Crippen molar-refractivity contribution in [3.05, 3.63) is 65.2 Å². The zero-order valence-corrected chi connectivity index (χ0v) is 15.4. The smallest absolute Gasteiger partial charge is 0.248 e. The molecule has 0 fully saturated rings. The Balaban J connectivity index is 1.63. The summed E-state index contributed by atoms with van der Waals surface area (Å²) in [5.41, 5.74) is 4.97. The topological polar surface area (TPSA) is 58.2 Å². The van der Waals surface area contributed by atoms with Crippen LogP contribution in [0.4, 0.5) is 11.4 Å². The first-order valence-corrected chi connectivity index (χ1v) is 8.84. The van der Waals surface area contributed by atoms with Crippen LogP contribution in [0.1, 0.15) is 43.9 Å². The van der Waals surface area contributed by atoms with Gasteiger partial charge in [0.2, 0.25) is 11.8 Å². The Labute approximate surface area is 154 Å². The average molecular weight is 348 g/mol. The van der Waals surface area contributed by atoms with Crippen LogP contribution in [0.15, 0.2) is 48.5 Å². The van der Waals surface area contributed by atoms with Crippen molar-refractivity contribution in [2.75, 3.05) is 10.6 Å². The van der Waals surface area contributed by atoms with E-state index in [2.05, 4.69) is 43.5 Å². The van der Waals surface area contributed by atoms with Crippen LogP contribution in [0.25, 0.3) is 6.08 Å². The molecule has 26 heavy (non-hydrogen) atoms. The van der Waals surface area contributed by atoms with Crippen molar-refractivity contribution in [1.82, 2.24) is 0 Å². The number of rotatable bonds is 3. The first kappa shape index (κ1) is 17.9. The second-order valence-electron chi connectivity index (χ2n) is 7.61. The van der Waals surface area contributed by atoms with E-state index < -0.39 is 0 Å². The number of anilines is 2. The first-order valence-electron chi connectivity index (χ1n) is 8.84. The molecule has 0 atom stereocenters. The van der Waals surface area contributed by atoms with E-state index in [9.17, 15) is 9.59 Å². The van der Waals surface area contributed by atoms with Gasteiger partial charge in [-0.3, -0.25) is 9.59 Å². The highest BCUT2D eigenvalue weighted by Gasteiger charge is 2.15. The molecular formula is C22H24N2O2. The molecule has 2 aromatic carbocycles. The van der Waals surface area contributed by atoms with Crippen LogP contribution >= 0.6 is 0 Å². The van der Waals surface area contributed by atoms with Crippen molar-refractivity contribution in [2.45, 2.75) is 39.0 Å². The average Bonchev–Trinajstić information content (AvgIpc) is 2.60. The molecule has 4 nitrogen and oxygen atoms in total. The minimum Gasteiger partial charge on any atom is -0.326 e. The van der Waals surface area contributed by atoms with Crippen LogP contribution in [0.5, 0.6) is 0 Å². The van der Waals surface area contributed by atoms with E-state index in [0.29, 0.717) is 12.8 Å². The van der Waals surface area contributed by atoms with Crippen LogP contribution in [-0.4, -0.2) is 11.8 Å². The fraction of sp³-hybridized carbons (Fsp3) is 0.273. The molecule has 3 rings (SSSR count). The number of nitrogens with one attached hydrogen (secondary N) is 2. The maximum Gasteiger partial charge on any atom is 0.248 e. The minimum atomic E-state index is -0.176. The molecule has 0 aromatic heterocycles. The summed E-state index contributed by atoms with van der Waals surface area (Å²) in [6.07, 6.45) is 4.52. The third-order valence-corrected chi connectivity index (χ3v) is 4.47. The Morgan fingerprint density at radius 3 is 2.50 bits per heavy atom. The second kappa shape index (κ2) is 7.16. The Hall–Kier alpha value is -2.88. The number of carbonyl (C=O) groups is 2. The van der Waals surface area contributed by atoms with E-state index in [1.54, 1.807) is 12.1 Å². The molecule has 0 saturated heterocycles. The molecule has 2 aromatic rings. The van der Waals surface area contributed by atoms with Gasteiger partial charge < -0.3 is 10.6 Å². The van der Waals surface area contributed by atoms with Gasteiger partial charge in [-0.1, -0.05) is 45.0 Å². The quantitative estimate of drug-likeness (QED) is 0.801. The van der Waals surface area contributed by atoms with Gasteiger partial charge >= 0.3 is 0 Å². The molecule has 0 spiro atoms. The van der Waals surface area contributed by atoms with Gasteiger partial charge in [0.1, 0.15) is 0 Å². The first-order chi connectivity index (χ1) is 12.3. The number of hydrogen-bond acceptors (Lipinski definition) is 2. The van der Waals surface area contributed by atoms with Crippen molar-refractivity contribution in [2.24, 2.45) is 0 Å². The van der Waals surface area contributed by atoms with Crippen molar-refractivity contribution < 1.29 is 9.59 Å². The Morgan fingerprint density at radius 1 is 1.08 bits per heavy atom. The molecule has 1 aliphatic heterocycles. The number of amides is 2. The van der Waals surface area contributed by atoms with Gasteiger partial charge in [0.15, 0.2) is 0 Å². The predicted octanol–water partition coefficient (Wildman–Crippen LogP) is 4.52. The third kappa shape index (κ3) is 4.39. The minimum absolute atomic E-state index is 0.0368. The van der Waals surface area contributed by atoms with Crippen molar-refractivity contribution in [3.63, 3.8) is 0 Å². The molecule has 134 valence electrons.